The summed E-state index contributed by atoms with van der Waals surface area (Å²) in [7, 11) is 1.44. The van der Waals surface area contributed by atoms with E-state index in [0.29, 0.717) is 13.2 Å². The molecule has 0 aromatic carbocycles. The van der Waals surface area contributed by atoms with E-state index in [9.17, 15) is 9.59 Å². The van der Waals surface area contributed by atoms with Crippen molar-refractivity contribution in [1.82, 2.24) is 4.90 Å². The van der Waals surface area contributed by atoms with E-state index >= 15 is 0 Å². The van der Waals surface area contributed by atoms with Crippen LogP contribution in [-0.2, 0) is 19.1 Å². The molecule has 1 aliphatic heterocycles. The third-order valence-corrected chi connectivity index (χ3v) is 2.38. The van der Waals surface area contributed by atoms with Gasteiger partial charge >= 0.3 is 5.97 Å². The number of carboxylic acids is 1. The topological polar surface area (TPSA) is 76.1 Å². The van der Waals surface area contributed by atoms with E-state index in [0.717, 1.165) is 4.90 Å². The second-order valence-corrected chi connectivity index (χ2v) is 3.40. The Labute approximate surface area is 87.8 Å². The Bertz CT molecular complexity index is 249. The minimum atomic E-state index is -1.04. The number of nitrogens with zero attached hydrogens (tertiary/aromatic N) is 1. The predicted octanol–water partition coefficient (Wildman–Crippen LogP) is -0.667. The first kappa shape index (κ1) is 11.9. The molecule has 6 nitrogen and oxygen atoms in total. The molecular formula is C9H15NO5. The Morgan fingerprint density at radius 2 is 2.13 bits per heavy atom. The average molecular weight is 217 g/mol. The van der Waals surface area contributed by atoms with Crippen LogP contribution in [0.1, 0.15) is 6.92 Å². The number of hydrogen-bond acceptors (Lipinski definition) is 4. The lowest BCUT2D eigenvalue weighted by Crippen LogP contribution is -2.49. The zero-order valence-corrected chi connectivity index (χ0v) is 8.80. The van der Waals surface area contributed by atoms with Crippen molar-refractivity contribution < 1.29 is 24.2 Å². The van der Waals surface area contributed by atoms with Crippen LogP contribution in [0.4, 0.5) is 0 Å². The van der Waals surface area contributed by atoms with Gasteiger partial charge in [-0.3, -0.25) is 4.79 Å². The molecule has 1 heterocycles. The van der Waals surface area contributed by atoms with Crippen LogP contribution in [0.25, 0.3) is 0 Å². The van der Waals surface area contributed by atoms with Crippen LogP contribution in [0.3, 0.4) is 0 Å². The highest BCUT2D eigenvalue weighted by molar-refractivity contribution is 5.86. The van der Waals surface area contributed by atoms with Crippen LogP contribution >= 0.6 is 0 Å². The summed E-state index contributed by atoms with van der Waals surface area (Å²) in [5.74, 6) is -1.40. The number of carbonyl (C=O) groups is 2. The van der Waals surface area contributed by atoms with Gasteiger partial charge in [0.2, 0.25) is 0 Å². The van der Waals surface area contributed by atoms with Crippen molar-refractivity contribution >= 4 is 11.9 Å². The van der Waals surface area contributed by atoms with Crippen molar-refractivity contribution in [3.8, 4) is 0 Å². The highest BCUT2D eigenvalue weighted by atomic mass is 16.6. The van der Waals surface area contributed by atoms with Gasteiger partial charge in [-0.2, -0.15) is 0 Å². The van der Waals surface area contributed by atoms with E-state index in [2.05, 4.69) is 0 Å². The summed E-state index contributed by atoms with van der Waals surface area (Å²) in [6, 6.07) is -0.858. The second kappa shape index (κ2) is 5.09. The molecule has 1 aliphatic rings. The van der Waals surface area contributed by atoms with Gasteiger partial charge in [0.15, 0.2) is 6.10 Å². The van der Waals surface area contributed by atoms with E-state index in [-0.39, 0.29) is 12.5 Å². The van der Waals surface area contributed by atoms with Gasteiger partial charge in [0, 0.05) is 7.05 Å². The van der Waals surface area contributed by atoms with E-state index < -0.39 is 18.1 Å². The zero-order chi connectivity index (χ0) is 11.4. The fourth-order valence-electron chi connectivity index (χ4n) is 1.21. The fourth-order valence-corrected chi connectivity index (χ4v) is 1.21. The Balaban J connectivity index is 2.54. The third kappa shape index (κ3) is 2.90. The van der Waals surface area contributed by atoms with Gasteiger partial charge in [-0.1, -0.05) is 0 Å². The summed E-state index contributed by atoms with van der Waals surface area (Å²) in [6.07, 6.45) is -0.675. The Hall–Kier alpha value is -1.14. The van der Waals surface area contributed by atoms with Crippen molar-refractivity contribution in [3.63, 3.8) is 0 Å². The lowest BCUT2D eigenvalue weighted by atomic mass is 10.2. The number of aliphatic carboxylic acids is 1. The number of amides is 1. The smallest absolute Gasteiger partial charge is 0.326 e. The molecule has 0 spiro atoms. The summed E-state index contributed by atoms with van der Waals surface area (Å²) in [5, 5.41) is 8.73. The molecule has 1 amide bonds. The first-order valence-corrected chi connectivity index (χ1v) is 4.73. The van der Waals surface area contributed by atoms with Gasteiger partial charge in [-0.25, -0.2) is 4.79 Å². The van der Waals surface area contributed by atoms with Gasteiger partial charge < -0.3 is 19.5 Å². The lowest BCUT2D eigenvalue weighted by molar-refractivity contribution is -0.163. The van der Waals surface area contributed by atoms with Crippen LogP contribution in [0.15, 0.2) is 0 Å². The van der Waals surface area contributed by atoms with Gasteiger partial charge in [-0.05, 0) is 6.92 Å². The number of carbonyl (C=O) groups excluding carboxylic acids is 1. The van der Waals surface area contributed by atoms with E-state index in [1.54, 1.807) is 0 Å². The zero-order valence-electron chi connectivity index (χ0n) is 8.80. The lowest BCUT2D eigenvalue weighted by Gasteiger charge is -2.28. The fraction of sp³-hybridized carbons (Fsp3) is 0.778. The molecule has 2 unspecified atom stereocenters. The van der Waals surface area contributed by atoms with Crippen molar-refractivity contribution in [1.29, 1.82) is 0 Å². The van der Waals surface area contributed by atoms with E-state index in [1.165, 1.54) is 14.0 Å². The quantitative estimate of drug-likeness (QED) is 0.678. The molecule has 0 aromatic heterocycles. The molecule has 1 saturated heterocycles. The summed E-state index contributed by atoms with van der Waals surface area (Å²) >= 11 is 0. The minimum absolute atomic E-state index is 0.190. The first-order chi connectivity index (χ1) is 7.04. The molecule has 6 heteroatoms. The molecule has 1 rings (SSSR count). The minimum Gasteiger partial charge on any atom is -0.480 e. The maximum Gasteiger partial charge on any atom is 0.326 e. The van der Waals surface area contributed by atoms with Crippen molar-refractivity contribution in [2.45, 2.75) is 19.1 Å². The Kier molecular flexibility index (Phi) is 4.05. The monoisotopic (exact) mass is 217 g/mol. The molecular weight excluding hydrogens is 202 g/mol. The second-order valence-electron chi connectivity index (χ2n) is 3.40. The van der Waals surface area contributed by atoms with Gasteiger partial charge in [-0.15, -0.1) is 0 Å². The van der Waals surface area contributed by atoms with Gasteiger partial charge in [0.1, 0.15) is 6.04 Å². The number of hydrogen-bond donors (Lipinski definition) is 1. The average Bonchev–Trinajstić information content (AvgIpc) is 2.27. The van der Waals surface area contributed by atoms with Crippen molar-refractivity contribution in [2.75, 3.05) is 26.9 Å². The van der Waals surface area contributed by atoms with Crippen LogP contribution in [0, 0.1) is 0 Å². The number of rotatable bonds is 3. The van der Waals surface area contributed by atoms with Crippen molar-refractivity contribution in [2.24, 2.45) is 0 Å². The first-order valence-electron chi connectivity index (χ1n) is 4.73. The number of carboxylic acid groups (broad SMARTS) is 1. The van der Waals surface area contributed by atoms with Crippen LogP contribution < -0.4 is 0 Å². The normalized spacial score (nSPS) is 23.2. The van der Waals surface area contributed by atoms with Crippen LogP contribution in [0.2, 0.25) is 0 Å². The molecule has 1 N–H and O–H groups in total. The van der Waals surface area contributed by atoms with Crippen LogP contribution in [0.5, 0.6) is 0 Å². The highest BCUT2D eigenvalue weighted by Crippen LogP contribution is 2.07. The molecule has 86 valence electrons. The van der Waals surface area contributed by atoms with Crippen LogP contribution in [-0.4, -0.2) is 60.9 Å². The number of ether oxygens (including phenoxy) is 2. The third-order valence-electron chi connectivity index (χ3n) is 2.38. The number of likely N-dealkylation sites (N-methyl/N-ethyl adjacent to an activating group) is 1. The summed E-state index contributed by atoms with van der Waals surface area (Å²) in [4.78, 5) is 23.5. The van der Waals surface area contributed by atoms with Gasteiger partial charge in [0.25, 0.3) is 5.91 Å². The maximum atomic E-state index is 11.7. The summed E-state index contributed by atoms with van der Waals surface area (Å²) in [6.45, 7) is 2.48. The Morgan fingerprint density at radius 1 is 1.47 bits per heavy atom. The molecule has 1 fully saturated rings. The molecule has 2 atom stereocenters. The van der Waals surface area contributed by atoms with Crippen molar-refractivity contribution in [3.05, 3.63) is 0 Å². The molecule has 0 radical (unpaired) electrons. The molecule has 0 aromatic rings. The SMILES string of the molecule is CC(C(=O)O)N(C)C(=O)C1COCCO1. The van der Waals surface area contributed by atoms with Gasteiger partial charge in [0.05, 0.1) is 19.8 Å². The Morgan fingerprint density at radius 3 is 2.60 bits per heavy atom. The molecule has 0 saturated carbocycles. The maximum absolute atomic E-state index is 11.7. The summed E-state index contributed by atoms with van der Waals surface area (Å²) < 4.78 is 10.3. The summed E-state index contributed by atoms with van der Waals surface area (Å²) in [5.41, 5.74) is 0. The standard InChI is InChI=1S/C9H15NO5/c1-6(9(12)13)10(2)8(11)7-5-14-3-4-15-7/h6-7H,3-5H2,1-2H3,(H,12,13). The highest BCUT2D eigenvalue weighted by Gasteiger charge is 2.30. The largest absolute Gasteiger partial charge is 0.480 e. The predicted molar refractivity (Wildman–Crippen MR) is 50.4 cm³/mol. The molecule has 0 bridgehead atoms. The molecule has 15 heavy (non-hydrogen) atoms. The van der Waals surface area contributed by atoms with E-state index in [1.807, 2.05) is 0 Å². The van der Waals surface area contributed by atoms with E-state index in [4.69, 9.17) is 14.6 Å². The molecule has 0 aliphatic carbocycles.